The molecule has 2 heterocycles. The third kappa shape index (κ3) is 6.25. The highest BCUT2D eigenvalue weighted by atomic mass is 35.5. The fourth-order valence-electron chi connectivity index (χ4n) is 4.62. The van der Waals surface area contributed by atoms with Crippen LogP contribution in [0.4, 0.5) is 9.59 Å². The average molecular weight is 540 g/mol. The van der Waals surface area contributed by atoms with E-state index < -0.39 is 12.0 Å². The van der Waals surface area contributed by atoms with Crippen LogP contribution >= 0.6 is 23.2 Å². The fourth-order valence-corrected chi connectivity index (χ4v) is 4.93. The van der Waals surface area contributed by atoms with Gasteiger partial charge in [0.05, 0.1) is 28.3 Å². The Hall–Kier alpha value is -2.49. The molecule has 0 radical (unpaired) electrons. The van der Waals surface area contributed by atoms with Gasteiger partial charge in [-0.05, 0) is 52.3 Å². The van der Waals surface area contributed by atoms with Crippen molar-refractivity contribution < 1.29 is 19.1 Å². The van der Waals surface area contributed by atoms with Gasteiger partial charge in [0, 0.05) is 50.5 Å². The van der Waals surface area contributed by atoms with E-state index in [-0.39, 0.29) is 30.8 Å². The highest BCUT2D eigenvalue weighted by Gasteiger charge is 2.39. The highest BCUT2D eigenvalue weighted by molar-refractivity contribution is 6.42. The Balaban J connectivity index is 1.96. The minimum atomic E-state index is -0.736. The van der Waals surface area contributed by atoms with Crippen molar-refractivity contribution in [3.8, 4) is 0 Å². The van der Waals surface area contributed by atoms with E-state index in [0.717, 1.165) is 0 Å². The normalized spacial score (nSPS) is 21.1. The zero-order chi connectivity index (χ0) is 26.6. The largest absolute Gasteiger partial charge is 0.463 e. The number of nitrogens with one attached hydrogen (secondary N) is 2. The number of hydrogen-bond donors (Lipinski definition) is 2. The molecule has 1 fully saturated rings. The summed E-state index contributed by atoms with van der Waals surface area (Å²) in [5, 5.41) is 6.59. The first-order valence-corrected chi connectivity index (χ1v) is 13.1. The predicted molar refractivity (Wildman–Crippen MR) is 140 cm³/mol. The number of carbonyl (C=O) groups excluding carboxylic acids is 3. The molecule has 1 saturated heterocycles. The molecule has 0 aromatic heterocycles. The van der Waals surface area contributed by atoms with Gasteiger partial charge in [-0.2, -0.15) is 0 Å². The van der Waals surface area contributed by atoms with E-state index in [2.05, 4.69) is 15.5 Å². The number of rotatable bonds is 7. The van der Waals surface area contributed by atoms with Gasteiger partial charge in [0.2, 0.25) is 0 Å². The van der Waals surface area contributed by atoms with E-state index in [1.54, 1.807) is 30.0 Å². The number of carbonyl (C=O) groups is 3. The first kappa shape index (κ1) is 28.1. The number of benzene rings is 1. The quantitative estimate of drug-likeness (QED) is 0.510. The summed E-state index contributed by atoms with van der Waals surface area (Å²) in [6.45, 7) is 12.1. The van der Waals surface area contributed by atoms with E-state index in [4.69, 9.17) is 27.9 Å². The summed E-state index contributed by atoms with van der Waals surface area (Å²) in [4.78, 5) is 44.5. The summed E-state index contributed by atoms with van der Waals surface area (Å²) in [6.07, 6.45) is 0. The summed E-state index contributed by atoms with van der Waals surface area (Å²) in [5.74, 6) is -0.495. The van der Waals surface area contributed by atoms with Gasteiger partial charge in [0.15, 0.2) is 0 Å². The molecular formula is C25H35Cl2N5O4. The lowest BCUT2D eigenvalue weighted by molar-refractivity contribution is -0.139. The molecule has 0 saturated carbocycles. The Kier molecular flexibility index (Phi) is 9.49. The van der Waals surface area contributed by atoms with Crippen molar-refractivity contribution in [2.24, 2.45) is 0 Å². The molecule has 4 amide bonds. The summed E-state index contributed by atoms with van der Waals surface area (Å²) in [5.41, 5.74) is 1.59. The van der Waals surface area contributed by atoms with Crippen molar-refractivity contribution >= 4 is 41.2 Å². The topological polar surface area (TPSA) is 94.2 Å². The van der Waals surface area contributed by atoms with Gasteiger partial charge in [-0.1, -0.05) is 29.3 Å². The van der Waals surface area contributed by atoms with Gasteiger partial charge in [-0.15, -0.1) is 0 Å². The van der Waals surface area contributed by atoms with Crippen molar-refractivity contribution in [2.45, 2.75) is 52.7 Å². The van der Waals surface area contributed by atoms with Crippen molar-refractivity contribution in [2.75, 3.05) is 39.3 Å². The van der Waals surface area contributed by atoms with Crippen LogP contribution in [0.25, 0.3) is 0 Å². The summed E-state index contributed by atoms with van der Waals surface area (Å²) in [6, 6.07) is 3.92. The molecule has 2 atom stereocenters. The van der Waals surface area contributed by atoms with Crippen LogP contribution in [0.5, 0.6) is 0 Å². The number of hydrogen-bond acceptors (Lipinski definition) is 5. The van der Waals surface area contributed by atoms with Crippen molar-refractivity contribution in [1.82, 2.24) is 25.3 Å². The zero-order valence-corrected chi connectivity index (χ0v) is 22.9. The SMILES string of the molecule is CCOC(=O)C1=C(CN2CCN(C(=O)NC(C)C)C(C)C2)N(CC)C(=O)NC1c1ccc(Cl)c(Cl)c1. The number of nitrogens with zero attached hydrogens (tertiary/aromatic N) is 3. The molecule has 9 nitrogen and oxygen atoms in total. The molecule has 198 valence electrons. The Bertz CT molecular complexity index is 1030. The lowest BCUT2D eigenvalue weighted by Gasteiger charge is -2.43. The molecule has 0 spiro atoms. The second-order valence-corrected chi connectivity index (χ2v) is 10.1. The minimum absolute atomic E-state index is 0.0393. The van der Waals surface area contributed by atoms with Crippen LogP contribution in [-0.2, 0) is 9.53 Å². The molecule has 0 bridgehead atoms. The number of esters is 1. The first-order valence-electron chi connectivity index (χ1n) is 12.3. The third-order valence-corrected chi connectivity index (χ3v) is 7.02. The molecule has 2 unspecified atom stereocenters. The predicted octanol–water partition coefficient (Wildman–Crippen LogP) is 4.02. The number of urea groups is 2. The summed E-state index contributed by atoms with van der Waals surface area (Å²) in [7, 11) is 0. The average Bonchev–Trinajstić information content (AvgIpc) is 2.80. The van der Waals surface area contributed by atoms with Gasteiger partial charge in [-0.25, -0.2) is 14.4 Å². The fraction of sp³-hybridized carbons (Fsp3) is 0.560. The summed E-state index contributed by atoms with van der Waals surface area (Å²) < 4.78 is 5.43. The van der Waals surface area contributed by atoms with Gasteiger partial charge < -0.3 is 20.3 Å². The van der Waals surface area contributed by atoms with E-state index in [9.17, 15) is 14.4 Å². The molecular weight excluding hydrogens is 505 g/mol. The molecule has 1 aromatic rings. The van der Waals surface area contributed by atoms with Gasteiger partial charge in [0.1, 0.15) is 0 Å². The van der Waals surface area contributed by atoms with Crippen LogP contribution in [0.1, 0.15) is 46.2 Å². The Morgan fingerprint density at radius 3 is 2.50 bits per heavy atom. The van der Waals surface area contributed by atoms with Crippen LogP contribution in [-0.4, -0.2) is 84.1 Å². The second-order valence-electron chi connectivity index (χ2n) is 9.26. The maximum absolute atomic E-state index is 13.3. The molecule has 2 N–H and O–H groups in total. The second kappa shape index (κ2) is 12.2. The maximum Gasteiger partial charge on any atom is 0.338 e. The Labute approximate surface area is 222 Å². The zero-order valence-electron chi connectivity index (χ0n) is 21.4. The van der Waals surface area contributed by atoms with Crippen LogP contribution in [0.3, 0.4) is 0 Å². The van der Waals surface area contributed by atoms with E-state index in [0.29, 0.717) is 59.6 Å². The van der Waals surface area contributed by atoms with Crippen molar-refractivity contribution in [3.05, 3.63) is 45.1 Å². The van der Waals surface area contributed by atoms with Gasteiger partial charge in [0.25, 0.3) is 0 Å². The van der Waals surface area contributed by atoms with Gasteiger partial charge >= 0.3 is 18.0 Å². The molecule has 36 heavy (non-hydrogen) atoms. The number of piperazine rings is 1. The minimum Gasteiger partial charge on any atom is -0.463 e. The first-order chi connectivity index (χ1) is 17.1. The number of amides is 4. The van der Waals surface area contributed by atoms with E-state index in [1.165, 1.54) is 0 Å². The van der Waals surface area contributed by atoms with Crippen molar-refractivity contribution in [1.29, 1.82) is 0 Å². The van der Waals surface area contributed by atoms with E-state index >= 15 is 0 Å². The highest BCUT2D eigenvalue weighted by Crippen LogP contribution is 2.35. The number of ether oxygens (including phenoxy) is 1. The Morgan fingerprint density at radius 2 is 1.92 bits per heavy atom. The van der Waals surface area contributed by atoms with Crippen molar-refractivity contribution in [3.63, 3.8) is 0 Å². The molecule has 2 aliphatic rings. The van der Waals surface area contributed by atoms with Crippen LogP contribution in [0, 0.1) is 0 Å². The third-order valence-electron chi connectivity index (χ3n) is 6.28. The smallest absolute Gasteiger partial charge is 0.338 e. The van der Waals surface area contributed by atoms with E-state index in [1.807, 2.05) is 32.6 Å². The van der Waals surface area contributed by atoms with Crippen LogP contribution in [0.2, 0.25) is 10.0 Å². The molecule has 11 heteroatoms. The monoisotopic (exact) mass is 539 g/mol. The lowest BCUT2D eigenvalue weighted by Crippen LogP contribution is -2.58. The standard InChI is InChI=1S/C25H35Cl2N5O4/c1-6-31-20(14-30-10-11-32(16(5)13-30)24(34)28-15(3)4)21(23(33)36-7-2)22(29-25(31)35)17-8-9-18(26)19(27)12-17/h8-9,12,15-16,22H,6-7,10-11,13-14H2,1-5H3,(H,28,34)(H,29,35). The van der Waals surface area contributed by atoms with Gasteiger partial charge in [-0.3, -0.25) is 9.80 Å². The van der Waals surface area contributed by atoms with Crippen LogP contribution in [0.15, 0.2) is 29.5 Å². The Morgan fingerprint density at radius 1 is 1.19 bits per heavy atom. The maximum atomic E-state index is 13.3. The molecule has 1 aromatic carbocycles. The lowest BCUT2D eigenvalue weighted by atomic mass is 9.94. The number of halogens is 2. The molecule has 0 aliphatic carbocycles. The molecule has 2 aliphatic heterocycles. The van der Waals surface area contributed by atoms with Crippen LogP contribution < -0.4 is 10.6 Å². The molecule has 3 rings (SSSR count). The number of likely N-dealkylation sites (N-methyl/N-ethyl adjacent to an activating group) is 1. The summed E-state index contributed by atoms with van der Waals surface area (Å²) >= 11 is 12.4.